The average molecular weight is 306 g/mol. The number of halogens is 2. The van der Waals surface area contributed by atoms with Crippen molar-refractivity contribution in [3.8, 4) is 0 Å². The molecule has 7 heteroatoms. The minimum atomic E-state index is -0.996. The maximum absolute atomic E-state index is 13.6. The second-order valence-electron chi connectivity index (χ2n) is 3.76. The Morgan fingerprint density at radius 2 is 2.16 bits per heavy atom. The molecular formula is C12H13ClFNO3S. The number of amides is 1. The van der Waals surface area contributed by atoms with Crippen LogP contribution in [-0.2, 0) is 9.59 Å². The Kier molecular flexibility index (Phi) is 5.62. The fourth-order valence-electron chi connectivity index (χ4n) is 1.19. The zero-order valence-corrected chi connectivity index (χ0v) is 11.9. The molecule has 1 aromatic carbocycles. The number of benzene rings is 1. The van der Waals surface area contributed by atoms with Crippen molar-refractivity contribution in [3.05, 3.63) is 23.0 Å². The van der Waals surface area contributed by atoms with E-state index in [4.69, 9.17) is 16.7 Å². The molecule has 0 heterocycles. The van der Waals surface area contributed by atoms with Gasteiger partial charge in [-0.25, -0.2) is 4.39 Å². The van der Waals surface area contributed by atoms with E-state index in [0.717, 1.165) is 17.8 Å². The Morgan fingerprint density at radius 3 is 2.68 bits per heavy atom. The minimum absolute atomic E-state index is 0.00339. The van der Waals surface area contributed by atoms with Gasteiger partial charge in [-0.3, -0.25) is 9.59 Å². The van der Waals surface area contributed by atoms with Crippen LogP contribution in [-0.4, -0.2) is 22.2 Å². The van der Waals surface area contributed by atoms with Crippen LogP contribution >= 0.6 is 23.4 Å². The lowest BCUT2D eigenvalue weighted by atomic mass is 10.3. The van der Waals surface area contributed by atoms with Gasteiger partial charge in [0.15, 0.2) is 0 Å². The van der Waals surface area contributed by atoms with Crippen LogP contribution in [0.25, 0.3) is 0 Å². The SMILES string of the molecule is CCC(=O)Nc1cc(SC(C)C(=O)O)c(Cl)cc1F. The van der Waals surface area contributed by atoms with Crippen molar-refractivity contribution in [3.63, 3.8) is 0 Å². The molecule has 0 saturated carbocycles. The van der Waals surface area contributed by atoms with Crippen molar-refractivity contribution >= 4 is 40.9 Å². The lowest BCUT2D eigenvalue weighted by molar-refractivity contribution is -0.136. The number of nitrogens with one attached hydrogen (secondary N) is 1. The van der Waals surface area contributed by atoms with E-state index in [1.54, 1.807) is 6.92 Å². The number of anilines is 1. The molecule has 1 rings (SSSR count). The summed E-state index contributed by atoms with van der Waals surface area (Å²) in [4.78, 5) is 22.4. The Morgan fingerprint density at radius 1 is 1.53 bits per heavy atom. The number of thioether (sulfide) groups is 1. The molecule has 1 amide bonds. The van der Waals surface area contributed by atoms with Crippen LogP contribution in [0.4, 0.5) is 10.1 Å². The summed E-state index contributed by atoms with van der Waals surface area (Å²) < 4.78 is 13.6. The fraction of sp³-hybridized carbons (Fsp3) is 0.333. The van der Waals surface area contributed by atoms with Crippen molar-refractivity contribution in [1.82, 2.24) is 0 Å². The number of aliphatic carboxylic acids is 1. The lowest BCUT2D eigenvalue weighted by Crippen LogP contribution is -2.12. The van der Waals surface area contributed by atoms with Gasteiger partial charge in [-0.1, -0.05) is 18.5 Å². The van der Waals surface area contributed by atoms with E-state index in [2.05, 4.69) is 5.32 Å². The summed E-state index contributed by atoms with van der Waals surface area (Å²) in [6, 6.07) is 2.40. The zero-order valence-electron chi connectivity index (χ0n) is 10.4. The van der Waals surface area contributed by atoms with Crippen LogP contribution < -0.4 is 5.32 Å². The summed E-state index contributed by atoms with van der Waals surface area (Å²) in [6.45, 7) is 3.14. The first-order valence-electron chi connectivity index (χ1n) is 5.53. The van der Waals surface area contributed by atoms with Crippen LogP contribution in [0.3, 0.4) is 0 Å². The molecule has 2 N–H and O–H groups in total. The smallest absolute Gasteiger partial charge is 0.316 e. The van der Waals surface area contributed by atoms with Crippen molar-refractivity contribution in [2.24, 2.45) is 0 Å². The number of carbonyl (C=O) groups is 2. The molecule has 1 aromatic rings. The number of carboxylic acids is 1. The van der Waals surface area contributed by atoms with E-state index < -0.39 is 17.0 Å². The van der Waals surface area contributed by atoms with Gasteiger partial charge < -0.3 is 10.4 Å². The molecule has 0 aliphatic heterocycles. The van der Waals surface area contributed by atoms with Gasteiger partial charge in [0.1, 0.15) is 11.1 Å². The standard InChI is InChI=1S/C12H13ClFNO3S/c1-3-11(16)15-9-5-10(7(13)4-8(9)14)19-6(2)12(17)18/h4-6H,3H2,1-2H3,(H,15,16)(H,17,18). The first-order chi connectivity index (χ1) is 8.85. The summed E-state index contributed by atoms with van der Waals surface area (Å²) in [6.07, 6.45) is 0.218. The molecule has 0 bridgehead atoms. The van der Waals surface area contributed by atoms with Crippen molar-refractivity contribution < 1.29 is 19.1 Å². The Hall–Kier alpha value is -1.27. The summed E-state index contributed by atoms with van der Waals surface area (Å²) in [5, 5.41) is 10.6. The maximum Gasteiger partial charge on any atom is 0.316 e. The molecule has 0 radical (unpaired) electrons. The Bertz CT molecular complexity index is 510. The molecule has 0 aromatic heterocycles. The van der Waals surface area contributed by atoms with Crippen molar-refractivity contribution in [1.29, 1.82) is 0 Å². The fourth-order valence-corrected chi connectivity index (χ4v) is 2.32. The molecule has 0 fully saturated rings. The van der Waals surface area contributed by atoms with Crippen LogP contribution in [0.5, 0.6) is 0 Å². The van der Waals surface area contributed by atoms with E-state index in [-0.39, 0.29) is 23.0 Å². The molecule has 0 spiro atoms. The summed E-state index contributed by atoms with van der Waals surface area (Å²) in [7, 11) is 0. The highest BCUT2D eigenvalue weighted by Crippen LogP contribution is 2.34. The third-order valence-corrected chi connectivity index (χ3v) is 3.84. The number of carbonyl (C=O) groups excluding carboxylic acids is 1. The lowest BCUT2D eigenvalue weighted by Gasteiger charge is -2.11. The predicted molar refractivity (Wildman–Crippen MR) is 73.3 cm³/mol. The van der Waals surface area contributed by atoms with Crippen LogP contribution in [0.1, 0.15) is 20.3 Å². The van der Waals surface area contributed by atoms with Gasteiger partial charge >= 0.3 is 5.97 Å². The van der Waals surface area contributed by atoms with Crippen molar-refractivity contribution in [2.45, 2.75) is 30.4 Å². The molecule has 0 saturated heterocycles. The molecule has 0 aliphatic carbocycles. The molecule has 0 aliphatic rings. The molecular weight excluding hydrogens is 293 g/mol. The molecule has 104 valence electrons. The van der Waals surface area contributed by atoms with E-state index >= 15 is 0 Å². The van der Waals surface area contributed by atoms with E-state index in [9.17, 15) is 14.0 Å². The van der Waals surface area contributed by atoms with Gasteiger partial charge in [-0.15, -0.1) is 11.8 Å². The van der Waals surface area contributed by atoms with Gasteiger partial charge in [0.25, 0.3) is 0 Å². The highest BCUT2D eigenvalue weighted by atomic mass is 35.5. The second kappa shape index (κ2) is 6.77. The van der Waals surface area contributed by atoms with Crippen LogP contribution in [0, 0.1) is 5.82 Å². The average Bonchev–Trinajstić information content (AvgIpc) is 2.34. The van der Waals surface area contributed by atoms with Gasteiger partial charge in [0.05, 0.1) is 10.7 Å². The van der Waals surface area contributed by atoms with Crippen molar-refractivity contribution in [2.75, 3.05) is 5.32 Å². The number of hydrogen-bond donors (Lipinski definition) is 2. The third-order valence-electron chi connectivity index (χ3n) is 2.27. The summed E-state index contributed by atoms with van der Waals surface area (Å²) >= 11 is 6.84. The third kappa shape index (κ3) is 4.40. The predicted octanol–water partition coefficient (Wildman–Crippen LogP) is 3.39. The largest absolute Gasteiger partial charge is 0.480 e. The van der Waals surface area contributed by atoms with E-state index in [1.807, 2.05) is 0 Å². The topological polar surface area (TPSA) is 66.4 Å². The quantitative estimate of drug-likeness (QED) is 0.818. The summed E-state index contributed by atoms with van der Waals surface area (Å²) in [5.41, 5.74) is -0.00339. The number of hydrogen-bond acceptors (Lipinski definition) is 3. The monoisotopic (exact) mass is 305 g/mol. The minimum Gasteiger partial charge on any atom is -0.480 e. The summed E-state index contributed by atoms with van der Waals surface area (Å²) in [5.74, 6) is -1.98. The highest BCUT2D eigenvalue weighted by molar-refractivity contribution is 8.00. The van der Waals surface area contributed by atoms with Gasteiger partial charge in [0.2, 0.25) is 5.91 Å². The van der Waals surface area contributed by atoms with Gasteiger partial charge in [0, 0.05) is 11.3 Å². The normalized spacial score (nSPS) is 12.0. The van der Waals surface area contributed by atoms with E-state index in [0.29, 0.717) is 4.90 Å². The molecule has 4 nitrogen and oxygen atoms in total. The molecule has 19 heavy (non-hydrogen) atoms. The van der Waals surface area contributed by atoms with Crippen LogP contribution in [0.15, 0.2) is 17.0 Å². The number of rotatable bonds is 5. The first kappa shape index (κ1) is 15.8. The van der Waals surface area contributed by atoms with Gasteiger partial charge in [-0.05, 0) is 19.1 Å². The highest BCUT2D eigenvalue weighted by Gasteiger charge is 2.17. The molecule has 1 atom stereocenters. The van der Waals surface area contributed by atoms with Gasteiger partial charge in [-0.2, -0.15) is 0 Å². The first-order valence-corrected chi connectivity index (χ1v) is 6.79. The Balaban J connectivity index is 3.02. The second-order valence-corrected chi connectivity index (χ2v) is 5.55. The van der Waals surface area contributed by atoms with E-state index in [1.165, 1.54) is 13.0 Å². The Labute approximate surface area is 119 Å². The van der Waals surface area contributed by atoms with Crippen LogP contribution in [0.2, 0.25) is 5.02 Å². The number of carboxylic acid groups (broad SMARTS) is 1. The maximum atomic E-state index is 13.6. The molecule has 1 unspecified atom stereocenters. The zero-order chi connectivity index (χ0) is 14.6.